The summed E-state index contributed by atoms with van der Waals surface area (Å²) < 4.78 is 112. The zero-order valence-corrected chi connectivity index (χ0v) is 20.6. The van der Waals surface area contributed by atoms with Crippen molar-refractivity contribution in [3.05, 3.63) is 41.1 Å². The summed E-state index contributed by atoms with van der Waals surface area (Å²) in [7, 11) is 0. The number of fused-ring (bicyclic) bond motifs is 1. The topological polar surface area (TPSA) is 131 Å². The van der Waals surface area contributed by atoms with Crippen LogP contribution in [0.3, 0.4) is 0 Å². The molecule has 2 fully saturated rings. The first-order valence-corrected chi connectivity index (χ1v) is 12.2. The first-order chi connectivity index (χ1) is 19.1. The van der Waals surface area contributed by atoms with E-state index in [1.165, 1.54) is 23.0 Å². The largest absolute Gasteiger partial charge is 0.439 e. The Labute approximate surface area is 224 Å². The molecule has 2 N–H and O–H groups in total. The van der Waals surface area contributed by atoms with Crippen LogP contribution in [-0.4, -0.2) is 66.4 Å². The van der Waals surface area contributed by atoms with Crippen LogP contribution in [0, 0.1) is 5.92 Å². The van der Waals surface area contributed by atoms with Crippen molar-refractivity contribution in [2.24, 2.45) is 5.92 Å². The number of imidazole rings is 1. The van der Waals surface area contributed by atoms with Crippen LogP contribution in [0.5, 0.6) is 0 Å². The van der Waals surface area contributed by atoms with Crippen LogP contribution in [0.4, 0.5) is 39.9 Å². The number of nitrogens with one attached hydrogen (secondary N) is 2. The van der Waals surface area contributed by atoms with Gasteiger partial charge in [-0.25, -0.2) is 27.7 Å². The number of halogens is 8. The van der Waals surface area contributed by atoms with Crippen molar-refractivity contribution >= 4 is 17.6 Å². The molecule has 4 heterocycles. The van der Waals surface area contributed by atoms with Crippen LogP contribution in [0.1, 0.15) is 59.2 Å². The molecular formula is C22H20F8N8O3. The quantitative estimate of drug-likeness (QED) is 0.413. The average molecular weight is 596 g/mol. The number of hydrogen-bond acceptors (Lipinski definition) is 7. The van der Waals surface area contributed by atoms with Gasteiger partial charge in [-0.05, 0) is 40.7 Å². The second kappa shape index (κ2) is 10.1. The fourth-order valence-electron chi connectivity index (χ4n) is 4.86. The molecule has 1 saturated heterocycles. The molecule has 3 aromatic rings. The Balaban J connectivity index is 1.40. The molecule has 41 heavy (non-hydrogen) atoms. The van der Waals surface area contributed by atoms with Crippen LogP contribution in [0.25, 0.3) is 5.65 Å². The molecule has 1 aliphatic heterocycles. The molecule has 3 amide bonds. The molecule has 0 aromatic carbocycles. The highest BCUT2D eigenvalue weighted by molar-refractivity contribution is 5.93. The molecule has 2 atom stereocenters. The van der Waals surface area contributed by atoms with E-state index in [1.54, 1.807) is 0 Å². The third-order valence-corrected chi connectivity index (χ3v) is 6.96. The van der Waals surface area contributed by atoms with Gasteiger partial charge in [0.25, 0.3) is 5.91 Å². The molecule has 0 bridgehead atoms. The number of carbonyl (C=O) groups is 2. The van der Waals surface area contributed by atoms with Gasteiger partial charge in [0.1, 0.15) is 6.04 Å². The van der Waals surface area contributed by atoms with E-state index in [0.717, 1.165) is 4.90 Å². The van der Waals surface area contributed by atoms with Crippen molar-refractivity contribution in [3.8, 4) is 0 Å². The lowest BCUT2D eigenvalue weighted by molar-refractivity contribution is -0.150. The number of aromatic nitrogens is 5. The molecule has 1 aliphatic carbocycles. The standard InChI is InChI=1S/C22H20F8N8O3/c23-20(24)3-1-11(2-4-20)15(34-18(39)16-17(22(28,29)30)36-41-35-16)12-8-38-14(32-12)5-10(6-31-38)7-37-9-13(21(25,26)27)33-19(37)40/h5-6,8,11,13,15H,1-4,7,9H2,(H,33,40)(H,34,39)/t13-,15-/m0/s1. The number of rotatable bonds is 6. The highest BCUT2D eigenvalue weighted by atomic mass is 19.4. The SMILES string of the molecule is O=C(N[C@H](c1cn2ncc(CN3C[C@@H](C(F)(F)F)NC3=O)cc2n1)C1CCC(F)(F)CC1)c1nonc1C(F)(F)F. The predicted octanol–water partition coefficient (Wildman–Crippen LogP) is 3.88. The first-order valence-electron chi connectivity index (χ1n) is 12.2. The van der Waals surface area contributed by atoms with E-state index in [0.29, 0.717) is 5.56 Å². The van der Waals surface area contributed by atoms with Crippen molar-refractivity contribution in [2.45, 2.75) is 62.6 Å². The van der Waals surface area contributed by atoms with Gasteiger partial charge in [0.15, 0.2) is 5.65 Å². The van der Waals surface area contributed by atoms with Crippen molar-refractivity contribution < 1.29 is 49.3 Å². The summed E-state index contributed by atoms with van der Waals surface area (Å²) >= 11 is 0. The Bertz CT molecular complexity index is 1440. The number of hydrogen-bond donors (Lipinski definition) is 2. The van der Waals surface area contributed by atoms with Gasteiger partial charge < -0.3 is 15.5 Å². The Morgan fingerprint density at radius 3 is 2.51 bits per heavy atom. The molecule has 3 aromatic heterocycles. The number of carbonyl (C=O) groups excluding carboxylic acids is 2. The average Bonchev–Trinajstić information content (AvgIpc) is 3.60. The summed E-state index contributed by atoms with van der Waals surface area (Å²) in [6.45, 7) is -0.855. The minimum Gasteiger partial charge on any atom is -0.342 e. The van der Waals surface area contributed by atoms with Crippen LogP contribution < -0.4 is 10.6 Å². The van der Waals surface area contributed by atoms with Crippen LogP contribution in [0.2, 0.25) is 0 Å². The Morgan fingerprint density at radius 1 is 1.17 bits per heavy atom. The summed E-state index contributed by atoms with van der Waals surface area (Å²) in [5.74, 6) is -4.90. The van der Waals surface area contributed by atoms with Gasteiger partial charge in [-0.1, -0.05) is 0 Å². The Morgan fingerprint density at radius 2 is 1.88 bits per heavy atom. The lowest BCUT2D eigenvalue weighted by Crippen LogP contribution is -2.40. The molecule has 0 unspecified atom stereocenters. The fraction of sp³-hybridized carbons (Fsp3) is 0.545. The molecule has 5 rings (SSSR count). The highest BCUT2D eigenvalue weighted by Crippen LogP contribution is 2.41. The smallest absolute Gasteiger partial charge is 0.342 e. The number of amides is 3. The van der Waals surface area contributed by atoms with Gasteiger partial charge in [-0.2, -0.15) is 31.4 Å². The maximum Gasteiger partial charge on any atom is 0.439 e. The van der Waals surface area contributed by atoms with E-state index in [2.05, 4.69) is 30.3 Å². The summed E-state index contributed by atoms with van der Waals surface area (Å²) in [5.41, 5.74) is -2.28. The van der Waals surface area contributed by atoms with Gasteiger partial charge >= 0.3 is 18.4 Å². The normalized spacial score (nSPS) is 20.8. The van der Waals surface area contributed by atoms with Crippen molar-refractivity contribution in [3.63, 3.8) is 0 Å². The summed E-state index contributed by atoms with van der Waals surface area (Å²) in [4.78, 5) is 30.1. The van der Waals surface area contributed by atoms with Crippen LogP contribution in [0.15, 0.2) is 23.1 Å². The lowest BCUT2D eigenvalue weighted by Gasteiger charge is -2.33. The van der Waals surface area contributed by atoms with Crippen molar-refractivity contribution in [1.29, 1.82) is 0 Å². The summed E-state index contributed by atoms with van der Waals surface area (Å²) in [6, 6.07) is -2.68. The zero-order chi connectivity index (χ0) is 29.7. The maximum absolute atomic E-state index is 13.8. The van der Waals surface area contributed by atoms with E-state index in [-0.39, 0.29) is 30.7 Å². The van der Waals surface area contributed by atoms with E-state index < -0.39 is 79.0 Å². The third kappa shape index (κ3) is 6.02. The lowest BCUT2D eigenvalue weighted by atomic mass is 9.81. The van der Waals surface area contributed by atoms with Crippen LogP contribution >= 0.6 is 0 Å². The van der Waals surface area contributed by atoms with Gasteiger partial charge in [0, 0.05) is 19.4 Å². The number of alkyl halides is 8. The van der Waals surface area contributed by atoms with E-state index in [4.69, 9.17) is 0 Å². The van der Waals surface area contributed by atoms with E-state index in [9.17, 15) is 44.7 Å². The molecule has 0 radical (unpaired) electrons. The molecule has 1 saturated carbocycles. The first kappa shape index (κ1) is 28.5. The Hall–Kier alpha value is -4.06. The van der Waals surface area contributed by atoms with Gasteiger partial charge in [-0.3, -0.25) is 4.79 Å². The van der Waals surface area contributed by atoms with Gasteiger partial charge in [0.05, 0.1) is 30.7 Å². The monoisotopic (exact) mass is 596 g/mol. The third-order valence-electron chi connectivity index (χ3n) is 6.96. The molecule has 11 nitrogen and oxygen atoms in total. The second-order valence-electron chi connectivity index (χ2n) is 9.86. The molecular weight excluding hydrogens is 576 g/mol. The maximum atomic E-state index is 13.8. The molecule has 0 spiro atoms. The molecule has 2 aliphatic rings. The van der Waals surface area contributed by atoms with Crippen molar-refractivity contribution in [1.82, 2.24) is 40.4 Å². The number of urea groups is 1. The minimum absolute atomic E-state index is 0.0827. The van der Waals surface area contributed by atoms with E-state index in [1.807, 2.05) is 5.32 Å². The van der Waals surface area contributed by atoms with Gasteiger partial charge in [0.2, 0.25) is 17.3 Å². The van der Waals surface area contributed by atoms with E-state index >= 15 is 0 Å². The molecule has 222 valence electrons. The predicted molar refractivity (Wildman–Crippen MR) is 118 cm³/mol. The summed E-state index contributed by atoms with van der Waals surface area (Å²) in [6.07, 6.45) is -8.27. The summed E-state index contributed by atoms with van der Waals surface area (Å²) in [5, 5.41) is 14.1. The second-order valence-corrected chi connectivity index (χ2v) is 9.86. The minimum atomic E-state index is -5.05. The molecule has 19 heteroatoms. The van der Waals surface area contributed by atoms with Gasteiger partial charge in [-0.15, -0.1) is 0 Å². The number of nitrogens with zero attached hydrogens (tertiary/aromatic N) is 6. The fourth-order valence-corrected chi connectivity index (χ4v) is 4.86. The zero-order valence-electron chi connectivity index (χ0n) is 20.6. The van der Waals surface area contributed by atoms with Crippen LogP contribution in [-0.2, 0) is 12.7 Å². The van der Waals surface area contributed by atoms with Crippen molar-refractivity contribution in [2.75, 3.05) is 6.54 Å². The Kier molecular flexibility index (Phi) is 7.01. The highest BCUT2D eigenvalue weighted by Gasteiger charge is 2.47.